The first-order valence-corrected chi connectivity index (χ1v) is 13.3. The van der Waals surface area contributed by atoms with E-state index in [0.717, 1.165) is 36.9 Å². The molecule has 3 aliphatic rings. The summed E-state index contributed by atoms with van der Waals surface area (Å²) in [4.78, 5) is 34.1. The largest absolute Gasteiger partial charge is 0.493 e. The first-order chi connectivity index (χ1) is 17.8. The van der Waals surface area contributed by atoms with Crippen LogP contribution in [-0.2, 0) is 14.3 Å². The van der Waals surface area contributed by atoms with Gasteiger partial charge in [0.1, 0.15) is 11.9 Å². The van der Waals surface area contributed by atoms with Crippen LogP contribution in [0.5, 0.6) is 11.5 Å². The number of carbonyl (C=O) groups is 2. The van der Waals surface area contributed by atoms with E-state index < -0.39 is 6.04 Å². The molecule has 1 saturated carbocycles. The van der Waals surface area contributed by atoms with Crippen LogP contribution in [0.15, 0.2) is 47.7 Å². The van der Waals surface area contributed by atoms with Gasteiger partial charge in [-0.1, -0.05) is 32.9 Å². The molecule has 3 heterocycles. The van der Waals surface area contributed by atoms with Crippen LogP contribution in [0.4, 0.5) is 5.82 Å². The molecule has 2 aliphatic heterocycles. The monoisotopic (exact) mass is 504 g/mol. The van der Waals surface area contributed by atoms with Gasteiger partial charge in [0, 0.05) is 5.69 Å². The second-order valence-corrected chi connectivity index (χ2v) is 10.9. The zero-order chi connectivity index (χ0) is 26.3. The molecule has 0 spiro atoms. The van der Waals surface area contributed by atoms with Crippen LogP contribution in [0.3, 0.4) is 0 Å². The number of amides is 1. The topological polar surface area (TPSA) is 78.0 Å². The summed E-state index contributed by atoms with van der Waals surface area (Å²) >= 11 is 0. The van der Waals surface area contributed by atoms with Crippen molar-refractivity contribution in [1.82, 2.24) is 4.98 Å². The number of aryl methyl sites for hydroxylation is 1. The first kappa shape index (κ1) is 25.3. The molecule has 0 saturated heterocycles. The van der Waals surface area contributed by atoms with Crippen molar-refractivity contribution in [3.63, 3.8) is 0 Å². The number of methoxy groups -OCH3 is 1. The molecule has 4 unspecified atom stereocenters. The molecule has 37 heavy (non-hydrogen) atoms. The first-order valence-electron chi connectivity index (χ1n) is 13.3. The van der Waals surface area contributed by atoms with Gasteiger partial charge < -0.3 is 14.2 Å². The number of Topliss-reactive ketones (excluding diaryl/α,β-unsaturated/α-hetero) is 1. The van der Waals surface area contributed by atoms with Crippen LogP contribution in [0.25, 0.3) is 0 Å². The molecule has 7 nitrogen and oxygen atoms in total. The van der Waals surface area contributed by atoms with E-state index in [1.54, 1.807) is 18.1 Å². The van der Waals surface area contributed by atoms with Crippen LogP contribution < -0.4 is 14.4 Å². The van der Waals surface area contributed by atoms with E-state index >= 15 is 0 Å². The van der Waals surface area contributed by atoms with E-state index in [9.17, 15) is 9.59 Å². The van der Waals surface area contributed by atoms with Crippen LogP contribution in [-0.4, -0.2) is 36.5 Å². The van der Waals surface area contributed by atoms with Crippen LogP contribution in [0, 0.1) is 24.7 Å². The lowest BCUT2D eigenvalue weighted by Crippen LogP contribution is -2.41. The molecule has 0 bridgehead atoms. The highest BCUT2D eigenvalue weighted by Crippen LogP contribution is 2.49. The maximum atomic E-state index is 14.0. The van der Waals surface area contributed by atoms with E-state index in [1.807, 2.05) is 37.3 Å². The van der Waals surface area contributed by atoms with E-state index in [2.05, 4.69) is 25.8 Å². The zero-order valence-electron chi connectivity index (χ0n) is 22.3. The van der Waals surface area contributed by atoms with Crippen molar-refractivity contribution in [2.75, 3.05) is 18.6 Å². The molecular weight excluding hydrogens is 468 g/mol. The number of carbonyl (C=O) groups excluding carboxylic acids is 2. The Bertz CT molecular complexity index is 1240. The number of ketones is 1. The number of aromatic nitrogens is 1. The Kier molecular flexibility index (Phi) is 6.97. The normalized spacial score (nSPS) is 25.2. The van der Waals surface area contributed by atoms with Gasteiger partial charge in [-0.05, 0) is 74.3 Å². The fraction of sp³-hybridized carbons (Fsp3) is 0.500. The second kappa shape index (κ2) is 10.2. The highest BCUT2D eigenvalue weighted by atomic mass is 16.5. The molecule has 7 heteroatoms. The minimum absolute atomic E-state index is 0.0162. The van der Waals surface area contributed by atoms with Gasteiger partial charge >= 0.3 is 0 Å². The average molecular weight is 505 g/mol. The van der Waals surface area contributed by atoms with Crippen LogP contribution in [0.1, 0.15) is 63.8 Å². The van der Waals surface area contributed by atoms with Crippen molar-refractivity contribution in [2.24, 2.45) is 17.8 Å². The van der Waals surface area contributed by atoms with Gasteiger partial charge in [-0.15, -0.1) is 0 Å². The molecule has 196 valence electrons. The lowest BCUT2D eigenvalue weighted by molar-refractivity contribution is -0.132. The summed E-state index contributed by atoms with van der Waals surface area (Å²) < 4.78 is 18.0. The van der Waals surface area contributed by atoms with Gasteiger partial charge in [-0.25, -0.2) is 4.98 Å². The third kappa shape index (κ3) is 4.72. The molecule has 5 rings (SSSR count). The number of nitrogens with zero attached hydrogens (tertiary/aromatic N) is 2. The quantitative estimate of drug-likeness (QED) is 0.491. The Hall–Kier alpha value is -3.35. The molecule has 2 aromatic rings. The summed E-state index contributed by atoms with van der Waals surface area (Å²) in [7, 11) is 1.60. The van der Waals surface area contributed by atoms with E-state index in [-0.39, 0.29) is 29.5 Å². The lowest BCUT2D eigenvalue weighted by atomic mass is 9.74. The number of anilines is 1. The van der Waals surface area contributed by atoms with Crippen molar-refractivity contribution in [1.29, 1.82) is 0 Å². The highest BCUT2D eigenvalue weighted by molar-refractivity contribution is 6.17. The predicted molar refractivity (Wildman–Crippen MR) is 141 cm³/mol. The average Bonchev–Trinajstić information content (AvgIpc) is 3.17. The molecule has 1 fully saturated rings. The van der Waals surface area contributed by atoms with Gasteiger partial charge in [0.2, 0.25) is 0 Å². The maximum Gasteiger partial charge on any atom is 0.295 e. The fourth-order valence-corrected chi connectivity index (χ4v) is 5.67. The van der Waals surface area contributed by atoms with Crippen molar-refractivity contribution in [2.45, 2.75) is 65.5 Å². The summed E-state index contributed by atoms with van der Waals surface area (Å²) in [5.41, 5.74) is 1.98. The van der Waals surface area contributed by atoms with E-state index in [0.29, 0.717) is 41.3 Å². The van der Waals surface area contributed by atoms with Gasteiger partial charge in [0.05, 0.1) is 31.2 Å². The maximum absolute atomic E-state index is 14.0. The Labute approximate surface area is 218 Å². The summed E-state index contributed by atoms with van der Waals surface area (Å²) in [6, 6.07) is 10.5. The van der Waals surface area contributed by atoms with E-state index in [4.69, 9.17) is 14.2 Å². The number of pyridine rings is 1. The SMILES string of the molecule is COc1cc(C2C3=C(OC4CCC(C)CC4C3=O)C(=O)N2c2cccc(C)n2)ccc1OCCC(C)C. The van der Waals surface area contributed by atoms with Crippen molar-refractivity contribution in [3.05, 3.63) is 59.0 Å². The predicted octanol–water partition coefficient (Wildman–Crippen LogP) is 5.57. The van der Waals surface area contributed by atoms with Crippen LogP contribution >= 0.6 is 0 Å². The van der Waals surface area contributed by atoms with Crippen molar-refractivity contribution < 1.29 is 23.8 Å². The molecule has 1 aliphatic carbocycles. The smallest absolute Gasteiger partial charge is 0.295 e. The zero-order valence-corrected chi connectivity index (χ0v) is 22.3. The standard InChI is InChI=1S/C30H36N2O5/c1-17(2)13-14-36-23-12-10-20(16-24(23)35-5)27-26-28(33)21-15-18(3)9-11-22(21)37-29(26)30(34)32(27)25-8-6-7-19(4)31-25/h6-8,10,12,16-18,21-22,27H,9,11,13-15H2,1-5H3. The number of rotatable bonds is 7. The van der Waals surface area contributed by atoms with E-state index in [1.165, 1.54) is 0 Å². The molecule has 0 radical (unpaired) electrons. The Morgan fingerprint density at radius 1 is 1.14 bits per heavy atom. The number of benzene rings is 1. The molecule has 1 aromatic carbocycles. The second-order valence-electron chi connectivity index (χ2n) is 10.9. The number of hydrogen-bond donors (Lipinski definition) is 0. The Morgan fingerprint density at radius 2 is 1.95 bits per heavy atom. The number of hydrogen-bond acceptors (Lipinski definition) is 6. The molecule has 1 aromatic heterocycles. The van der Waals surface area contributed by atoms with Gasteiger partial charge in [0.15, 0.2) is 23.0 Å². The minimum Gasteiger partial charge on any atom is -0.493 e. The molecular formula is C30H36N2O5. The third-order valence-electron chi connectivity index (χ3n) is 7.69. The summed E-state index contributed by atoms with van der Waals surface area (Å²) in [5, 5.41) is 0. The summed E-state index contributed by atoms with van der Waals surface area (Å²) in [6.07, 6.45) is 3.23. The molecule has 0 N–H and O–H groups in total. The summed E-state index contributed by atoms with van der Waals surface area (Å²) in [5.74, 6) is 2.30. The molecule has 4 atom stereocenters. The number of fused-ring (bicyclic) bond motifs is 1. The fourth-order valence-electron chi connectivity index (χ4n) is 5.67. The summed E-state index contributed by atoms with van der Waals surface area (Å²) in [6.45, 7) is 8.95. The van der Waals surface area contributed by atoms with Gasteiger partial charge in [0.25, 0.3) is 5.91 Å². The Morgan fingerprint density at radius 3 is 2.68 bits per heavy atom. The highest BCUT2D eigenvalue weighted by Gasteiger charge is 2.53. The van der Waals surface area contributed by atoms with Gasteiger partial charge in [-0.3, -0.25) is 14.5 Å². The Balaban J connectivity index is 1.58. The third-order valence-corrected chi connectivity index (χ3v) is 7.69. The van der Waals surface area contributed by atoms with Crippen molar-refractivity contribution in [3.8, 4) is 11.5 Å². The van der Waals surface area contributed by atoms with Crippen molar-refractivity contribution >= 4 is 17.5 Å². The minimum atomic E-state index is -0.652. The number of ether oxygens (including phenoxy) is 3. The van der Waals surface area contributed by atoms with Gasteiger partial charge in [-0.2, -0.15) is 0 Å². The lowest BCUT2D eigenvalue weighted by Gasteiger charge is -2.37. The molecule has 1 amide bonds. The van der Waals surface area contributed by atoms with Crippen LogP contribution in [0.2, 0.25) is 0 Å².